The van der Waals surface area contributed by atoms with Crippen molar-refractivity contribution in [3.8, 4) is 0 Å². The fourth-order valence-electron chi connectivity index (χ4n) is 6.23. The fraction of sp³-hybridized carbons (Fsp3) is 1.00. The smallest absolute Gasteiger partial charge is 0.121 e. The normalized spacial score (nSPS) is 28.0. The van der Waals surface area contributed by atoms with E-state index < -0.39 is 9.77 Å². The average Bonchev–Trinajstić information content (AvgIpc) is 2.68. The largest absolute Gasteiger partial charge is 0.251 e. The van der Waals surface area contributed by atoms with Crippen molar-refractivity contribution in [2.24, 2.45) is 0 Å². The minimum absolute atomic E-state index is 1.17. The minimum Gasteiger partial charge on any atom is -0.121 e. The summed E-state index contributed by atoms with van der Waals surface area (Å²) in [6.07, 6.45) is 23.6. The average molecular weight is 968 g/mol. The van der Waals surface area contributed by atoms with Crippen LogP contribution in [-0.2, 0) is 0 Å². The summed E-state index contributed by atoms with van der Waals surface area (Å²) < 4.78 is -2.50. The molecule has 3 rings (SSSR count). The zero-order valence-electron chi connectivity index (χ0n) is 15.7. The van der Waals surface area contributed by atoms with Crippen LogP contribution < -0.4 is 0 Å². The third kappa shape index (κ3) is 5.10. The zero-order valence-corrected chi connectivity index (χ0v) is 29.5. The van der Waals surface area contributed by atoms with Gasteiger partial charge in [0.2, 0.25) is 0 Å². The second-order valence-corrected chi connectivity index (χ2v) is 88.3. The molecule has 0 spiro atoms. The minimum atomic E-state index is -1.29. The van der Waals surface area contributed by atoms with E-state index in [0.717, 1.165) is 0 Å². The van der Waals surface area contributed by atoms with Crippen molar-refractivity contribution < 1.29 is 0 Å². The first kappa shape index (κ1) is 24.9. The fourth-order valence-corrected chi connectivity index (χ4v) is 151. The Morgan fingerprint density at radius 1 is 0.423 bits per heavy atom. The van der Waals surface area contributed by atoms with Crippen molar-refractivity contribution in [1.29, 1.82) is 0 Å². The summed E-state index contributed by atoms with van der Waals surface area (Å²) >= 11 is 15.9. The maximum absolute atomic E-state index is 3.33. The molecular weight excluding hydrogens is 935 g/mol. The molecule has 3 aliphatic carbocycles. The van der Waals surface area contributed by atoms with Crippen LogP contribution in [0.25, 0.3) is 0 Å². The van der Waals surface area contributed by atoms with Crippen LogP contribution in [0.1, 0.15) is 96.3 Å². The van der Waals surface area contributed by atoms with E-state index in [0.29, 0.717) is 0 Å². The highest BCUT2D eigenvalue weighted by Crippen LogP contribution is 2.66. The molecule has 0 nitrogen and oxygen atoms in total. The lowest BCUT2D eigenvalue weighted by Crippen LogP contribution is -2.71. The van der Waals surface area contributed by atoms with E-state index in [-0.39, 0.29) is 0 Å². The first-order chi connectivity index (χ1) is 12.3. The maximum Gasteiger partial charge on any atom is 0.251 e. The van der Waals surface area contributed by atoms with Gasteiger partial charge in [0.1, 0.15) is 5.09 Å². The van der Waals surface area contributed by atoms with Gasteiger partial charge in [-0.2, -0.15) is 0 Å². The first-order valence-electron chi connectivity index (χ1n) is 10.8. The summed E-state index contributed by atoms with van der Waals surface area (Å²) in [4.78, 5) is 0. The summed E-state index contributed by atoms with van der Waals surface area (Å²) in [5.41, 5.74) is 3.52. The second-order valence-electron chi connectivity index (χ2n) is 8.98. The molecule has 3 saturated carbocycles. The molecular formula is C18H33I5Si3. The summed E-state index contributed by atoms with van der Waals surface area (Å²) in [5.74, 6) is 0. The molecule has 0 radical (unpaired) electrons. The van der Waals surface area contributed by atoms with Crippen LogP contribution in [0.5, 0.6) is 0 Å². The second kappa shape index (κ2) is 10.9. The van der Waals surface area contributed by atoms with Crippen LogP contribution in [0, 0.1) is 0 Å². The SMILES string of the molecule is I[Si](I)(I)[Si](I)(C1CCCCC1)[Si](I)(C1CCCCC1)C1CCCCC1. The topological polar surface area (TPSA) is 0 Å². The quantitative estimate of drug-likeness (QED) is 0.146. The molecule has 3 fully saturated rings. The van der Waals surface area contributed by atoms with Gasteiger partial charge in [-0.05, 0) is 16.6 Å². The Hall–Kier alpha value is 4.30. The van der Waals surface area contributed by atoms with Crippen molar-refractivity contribution in [3.05, 3.63) is 0 Å². The molecule has 0 aromatic heterocycles. The molecule has 26 heavy (non-hydrogen) atoms. The van der Waals surface area contributed by atoms with E-state index in [1.54, 1.807) is 77.0 Å². The van der Waals surface area contributed by atoms with Crippen molar-refractivity contribution in [1.82, 2.24) is 0 Å². The van der Waals surface area contributed by atoms with Gasteiger partial charge in [0.05, 0.1) is 0 Å². The van der Waals surface area contributed by atoms with Crippen molar-refractivity contribution >= 4 is 119 Å². The highest BCUT2D eigenvalue weighted by Gasteiger charge is 2.70. The molecule has 152 valence electrons. The predicted molar refractivity (Wildman–Crippen MR) is 168 cm³/mol. The molecule has 1 unspecified atom stereocenters. The molecule has 0 amide bonds. The molecule has 0 aromatic carbocycles. The molecule has 8 heteroatoms. The van der Waals surface area contributed by atoms with Gasteiger partial charge in [0.15, 0.2) is 4.61 Å². The van der Waals surface area contributed by atoms with Gasteiger partial charge < -0.3 is 0 Å². The van der Waals surface area contributed by atoms with Gasteiger partial charge in [0, 0.05) is 0 Å². The first-order valence-corrected chi connectivity index (χ1v) is 34.6. The Kier molecular flexibility index (Phi) is 10.5. The third-order valence-corrected chi connectivity index (χ3v) is 142. The molecule has 0 heterocycles. The third-order valence-electron chi connectivity index (χ3n) is 7.54. The van der Waals surface area contributed by atoms with E-state index >= 15 is 0 Å². The van der Waals surface area contributed by atoms with Gasteiger partial charge in [-0.1, -0.05) is 162 Å². The predicted octanol–water partition coefficient (Wildman–Crippen LogP) is 10.2. The van der Waals surface area contributed by atoms with Gasteiger partial charge >= 0.3 is 0 Å². The lowest BCUT2D eigenvalue weighted by molar-refractivity contribution is 0.462. The van der Waals surface area contributed by atoms with Crippen molar-refractivity contribution in [2.75, 3.05) is 0 Å². The molecule has 3 aliphatic rings. The molecule has 0 bridgehead atoms. The molecule has 0 aromatic rings. The molecule has 1 atom stereocenters. The van der Waals surface area contributed by atoms with Crippen LogP contribution in [-0.4, -0.2) is 9.77 Å². The zero-order chi connectivity index (χ0) is 18.8. The Morgan fingerprint density at radius 3 is 1.04 bits per heavy atom. The van der Waals surface area contributed by atoms with Gasteiger partial charge in [0.25, 0.3) is 0.0813 Å². The van der Waals surface area contributed by atoms with E-state index in [4.69, 9.17) is 0 Å². The number of hydrogen-bond acceptors (Lipinski definition) is 0. The maximum atomic E-state index is 3.33. The standard InChI is InChI=1S/C18H33I5Si3/c19-24(16-10-4-1-5-11-16,17-12-6-2-7-13-17)25(20,26(21,22)23)18-14-8-3-9-15-18/h16-18H,1-15H2. The molecule has 0 N–H and O–H groups in total. The van der Waals surface area contributed by atoms with E-state index in [1.807, 2.05) is 0 Å². The van der Waals surface area contributed by atoms with E-state index in [1.165, 1.54) is 35.9 Å². The lowest BCUT2D eigenvalue weighted by atomic mass is 9.99. The highest BCUT2D eigenvalue weighted by atomic mass is 127. The van der Waals surface area contributed by atoms with Crippen LogP contribution in [0.4, 0.5) is 0 Å². The molecule has 0 saturated heterocycles. The summed E-state index contributed by atoms with van der Waals surface area (Å²) in [6.45, 7) is 0. The van der Waals surface area contributed by atoms with Gasteiger partial charge in [-0.3, -0.25) is 0 Å². The highest BCUT2D eigenvalue weighted by molar-refractivity contribution is 14.4. The van der Waals surface area contributed by atoms with E-state index in [2.05, 4.69) is 109 Å². The molecule has 0 aliphatic heterocycles. The van der Waals surface area contributed by atoms with Crippen LogP contribution >= 0.6 is 109 Å². The number of hydrogen-bond donors (Lipinski definition) is 0. The Bertz CT molecular complexity index is 436. The summed E-state index contributed by atoms with van der Waals surface area (Å²) in [7, 11) is 0. The van der Waals surface area contributed by atoms with Crippen LogP contribution in [0.2, 0.25) is 16.6 Å². The van der Waals surface area contributed by atoms with Gasteiger partial charge in [-0.15, -0.1) is 43.6 Å². The van der Waals surface area contributed by atoms with E-state index in [9.17, 15) is 0 Å². The summed E-state index contributed by atoms with van der Waals surface area (Å²) in [5, 5.41) is -1.29. The lowest BCUT2D eigenvalue weighted by Gasteiger charge is -2.57. The van der Waals surface area contributed by atoms with Crippen molar-refractivity contribution in [3.63, 3.8) is 0 Å². The number of rotatable bonds is 5. The van der Waals surface area contributed by atoms with Crippen molar-refractivity contribution in [2.45, 2.75) is 113 Å². The summed E-state index contributed by atoms with van der Waals surface area (Å²) in [6, 6.07) is 0. The van der Waals surface area contributed by atoms with Gasteiger partial charge in [-0.25, -0.2) is 0 Å². The Morgan fingerprint density at radius 2 is 0.731 bits per heavy atom. The Balaban J connectivity index is 2.05. The Labute approximate surface area is 227 Å². The van der Waals surface area contributed by atoms with Crippen LogP contribution in [0.15, 0.2) is 0 Å². The number of halogens is 5. The van der Waals surface area contributed by atoms with Crippen LogP contribution in [0.3, 0.4) is 0 Å². The monoisotopic (exact) mass is 968 g/mol.